The quantitative estimate of drug-likeness (QED) is 0.0262. The Morgan fingerprint density at radius 1 is 0.309 bits per heavy atom. The average Bonchev–Trinajstić information content (AvgIpc) is 3.34. The maximum Gasteiger partial charge on any atom is 0.306 e. The first-order valence-electron chi connectivity index (χ1n) is 28.6. The number of ether oxygens (including phenoxy) is 3. The number of carbonyl (C=O) groups excluding carboxylic acids is 3. The van der Waals surface area contributed by atoms with Gasteiger partial charge in [0.1, 0.15) is 13.2 Å². The van der Waals surface area contributed by atoms with Crippen molar-refractivity contribution in [3.63, 3.8) is 0 Å². The van der Waals surface area contributed by atoms with Gasteiger partial charge in [0.25, 0.3) is 0 Å². The van der Waals surface area contributed by atoms with E-state index in [9.17, 15) is 14.4 Å². The molecule has 0 N–H and O–H groups in total. The second kappa shape index (κ2) is 56.2. The minimum Gasteiger partial charge on any atom is -0.462 e. The zero-order valence-electron chi connectivity index (χ0n) is 44.6. The zero-order valence-corrected chi connectivity index (χ0v) is 44.6. The Kier molecular flexibility index (Phi) is 53.4. The fourth-order valence-electron chi connectivity index (χ4n) is 7.82. The molecule has 0 radical (unpaired) electrons. The number of carbonyl (C=O) groups is 3. The summed E-state index contributed by atoms with van der Waals surface area (Å²) in [5.41, 5.74) is 0. The van der Waals surface area contributed by atoms with Crippen LogP contribution in [0, 0.1) is 0 Å². The first-order chi connectivity index (χ1) is 33.5. The van der Waals surface area contributed by atoms with Crippen LogP contribution in [-0.2, 0) is 28.6 Å². The first-order valence-corrected chi connectivity index (χ1v) is 28.6. The molecule has 0 bridgehead atoms. The minimum atomic E-state index is -0.785. The third kappa shape index (κ3) is 53.5. The second-order valence-corrected chi connectivity index (χ2v) is 18.8. The summed E-state index contributed by atoms with van der Waals surface area (Å²) in [6.45, 7) is 6.43. The maximum atomic E-state index is 12.8. The van der Waals surface area contributed by atoms with Crippen LogP contribution in [0.15, 0.2) is 85.1 Å². The van der Waals surface area contributed by atoms with Gasteiger partial charge in [-0.15, -0.1) is 0 Å². The number of hydrogen-bond donors (Lipinski definition) is 0. The van der Waals surface area contributed by atoms with E-state index >= 15 is 0 Å². The SMILES string of the molecule is CC/C=C\C/C=C\C/C=C\C/C=C\CCCCCCCCCCCCC(=O)OCC(COC(=O)CCCCCCC/C=C\CCC)OC(=O)CCCCCCCCC/C=C\C/C=C\CCCCC. The summed E-state index contributed by atoms with van der Waals surface area (Å²) in [6.07, 6.45) is 72.9. The van der Waals surface area contributed by atoms with Gasteiger partial charge >= 0.3 is 17.9 Å². The van der Waals surface area contributed by atoms with E-state index in [0.29, 0.717) is 19.3 Å². The standard InChI is InChI=1S/C62H106O6/c1-4-7-10-13-16-19-22-24-26-28-29-30-31-32-33-35-36-38-40-43-46-49-52-55-61(64)67-58-59(57-66-60(63)54-51-48-45-42-21-18-15-12-9-6-3)68-62(65)56-53-50-47-44-41-39-37-34-27-25-23-20-17-14-11-8-5-2/h7,10,12,15-17,19-20,24-27,29-30,59H,4-6,8-9,11,13-14,18,21-23,28,31-58H2,1-3H3/b10-7-,15-12-,19-16-,20-17-,26-24-,27-25-,30-29-. The van der Waals surface area contributed by atoms with Crippen molar-refractivity contribution in [2.45, 2.75) is 277 Å². The molecule has 6 nitrogen and oxygen atoms in total. The van der Waals surface area contributed by atoms with Crippen molar-refractivity contribution < 1.29 is 28.6 Å². The fraction of sp³-hybridized carbons (Fsp3) is 0.726. The predicted octanol–water partition coefficient (Wildman–Crippen LogP) is 19.2. The maximum absolute atomic E-state index is 12.8. The van der Waals surface area contributed by atoms with Crippen LogP contribution in [0.1, 0.15) is 271 Å². The lowest BCUT2D eigenvalue weighted by molar-refractivity contribution is -0.167. The number of esters is 3. The molecule has 68 heavy (non-hydrogen) atoms. The normalized spacial score (nSPS) is 12.7. The molecule has 0 aromatic rings. The summed E-state index contributed by atoms with van der Waals surface area (Å²) in [4.78, 5) is 38.1. The number of hydrogen-bond acceptors (Lipinski definition) is 6. The van der Waals surface area contributed by atoms with E-state index < -0.39 is 6.10 Å². The van der Waals surface area contributed by atoms with Crippen LogP contribution in [0.5, 0.6) is 0 Å². The van der Waals surface area contributed by atoms with E-state index in [-0.39, 0.29) is 31.1 Å². The highest BCUT2D eigenvalue weighted by Crippen LogP contribution is 2.15. The molecule has 0 rings (SSSR count). The van der Waals surface area contributed by atoms with Crippen molar-refractivity contribution in [2.24, 2.45) is 0 Å². The molecule has 0 fully saturated rings. The highest BCUT2D eigenvalue weighted by Gasteiger charge is 2.19. The van der Waals surface area contributed by atoms with Gasteiger partial charge in [-0.2, -0.15) is 0 Å². The van der Waals surface area contributed by atoms with E-state index in [1.54, 1.807) is 0 Å². The van der Waals surface area contributed by atoms with Crippen LogP contribution in [0.3, 0.4) is 0 Å². The summed E-state index contributed by atoms with van der Waals surface area (Å²) in [5.74, 6) is -0.903. The molecule has 0 aliphatic heterocycles. The monoisotopic (exact) mass is 947 g/mol. The smallest absolute Gasteiger partial charge is 0.306 e. The molecule has 0 saturated heterocycles. The molecule has 0 aromatic carbocycles. The summed E-state index contributed by atoms with van der Waals surface area (Å²) >= 11 is 0. The molecular weight excluding hydrogens is 841 g/mol. The molecule has 0 aromatic heterocycles. The van der Waals surface area contributed by atoms with Gasteiger partial charge in [0.2, 0.25) is 0 Å². The van der Waals surface area contributed by atoms with Crippen molar-refractivity contribution >= 4 is 17.9 Å². The van der Waals surface area contributed by atoms with Crippen molar-refractivity contribution in [1.29, 1.82) is 0 Å². The summed E-state index contributed by atoms with van der Waals surface area (Å²) in [5, 5.41) is 0. The molecule has 1 unspecified atom stereocenters. The first kappa shape index (κ1) is 64.6. The van der Waals surface area contributed by atoms with Gasteiger partial charge in [-0.1, -0.05) is 228 Å². The van der Waals surface area contributed by atoms with Gasteiger partial charge in [-0.05, 0) is 109 Å². The summed E-state index contributed by atoms with van der Waals surface area (Å²) in [6, 6.07) is 0. The molecule has 0 heterocycles. The second-order valence-electron chi connectivity index (χ2n) is 18.8. The molecule has 0 saturated carbocycles. The lowest BCUT2D eigenvalue weighted by Gasteiger charge is -2.18. The molecule has 0 aliphatic rings. The van der Waals surface area contributed by atoms with E-state index in [1.807, 2.05) is 0 Å². The van der Waals surface area contributed by atoms with Crippen LogP contribution in [0.25, 0.3) is 0 Å². The molecule has 1 atom stereocenters. The Bertz CT molecular complexity index is 1320. The Balaban J connectivity index is 4.30. The van der Waals surface area contributed by atoms with E-state index in [4.69, 9.17) is 14.2 Å². The molecular formula is C62H106O6. The Labute approximate surface area is 420 Å². The molecule has 0 spiro atoms. The van der Waals surface area contributed by atoms with Gasteiger partial charge in [-0.3, -0.25) is 14.4 Å². The van der Waals surface area contributed by atoms with Crippen molar-refractivity contribution in [2.75, 3.05) is 13.2 Å². The largest absolute Gasteiger partial charge is 0.462 e. The molecule has 6 heteroatoms. The molecule has 390 valence electrons. The van der Waals surface area contributed by atoms with Crippen molar-refractivity contribution in [3.8, 4) is 0 Å². The van der Waals surface area contributed by atoms with Crippen LogP contribution < -0.4 is 0 Å². The van der Waals surface area contributed by atoms with Gasteiger partial charge in [-0.25, -0.2) is 0 Å². The Morgan fingerprint density at radius 3 is 0.971 bits per heavy atom. The number of rotatable bonds is 51. The van der Waals surface area contributed by atoms with Crippen LogP contribution >= 0.6 is 0 Å². The summed E-state index contributed by atoms with van der Waals surface area (Å²) in [7, 11) is 0. The third-order valence-corrected chi connectivity index (χ3v) is 12.1. The Hall–Kier alpha value is -3.41. The number of unbranched alkanes of at least 4 members (excludes halogenated alkanes) is 26. The lowest BCUT2D eigenvalue weighted by Crippen LogP contribution is -2.30. The zero-order chi connectivity index (χ0) is 49.3. The predicted molar refractivity (Wildman–Crippen MR) is 293 cm³/mol. The lowest BCUT2D eigenvalue weighted by atomic mass is 10.1. The van der Waals surface area contributed by atoms with Crippen LogP contribution in [-0.4, -0.2) is 37.2 Å². The topological polar surface area (TPSA) is 78.9 Å². The van der Waals surface area contributed by atoms with Gasteiger partial charge in [0.15, 0.2) is 6.10 Å². The molecule has 0 amide bonds. The van der Waals surface area contributed by atoms with Gasteiger partial charge in [0.05, 0.1) is 0 Å². The highest BCUT2D eigenvalue weighted by atomic mass is 16.6. The van der Waals surface area contributed by atoms with Crippen LogP contribution in [0.2, 0.25) is 0 Å². The van der Waals surface area contributed by atoms with E-state index in [1.165, 1.54) is 122 Å². The minimum absolute atomic E-state index is 0.0844. The average molecular weight is 948 g/mol. The molecule has 0 aliphatic carbocycles. The van der Waals surface area contributed by atoms with E-state index in [2.05, 4.69) is 106 Å². The Morgan fingerprint density at radius 2 is 0.603 bits per heavy atom. The van der Waals surface area contributed by atoms with Crippen molar-refractivity contribution in [1.82, 2.24) is 0 Å². The van der Waals surface area contributed by atoms with Crippen LogP contribution in [0.4, 0.5) is 0 Å². The van der Waals surface area contributed by atoms with E-state index in [0.717, 1.165) is 109 Å². The van der Waals surface area contributed by atoms with Gasteiger partial charge < -0.3 is 14.2 Å². The van der Waals surface area contributed by atoms with Gasteiger partial charge in [0, 0.05) is 19.3 Å². The fourth-order valence-corrected chi connectivity index (χ4v) is 7.82. The summed E-state index contributed by atoms with van der Waals surface area (Å²) < 4.78 is 16.8. The third-order valence-electron chi connectivity index (χ3n) is 12.1. The highest BCUT2D eigenvalue weighted by molar-refractivity contribution is 5.71. The number of allylic oxidation sites excluding steroid dienone is 14. The van der Waals surface area contributed by atoms with Crippen molar-refractivity contribution in [3.05, 3.63) is 85.1 Å².